The third-order valence-corrected chi connectivity index (χ3v) is 6.91. The molecule has 0 radical (unpaired) electrons. The summed E-state index contributed by atoms with van der Waals surface area (Å²) in [5, 5.41) is 5.14. The summed E-state index contributed by atoms with van der Waals surface area (Å²) in [6, 6.07) is 4.81. The number of benzene rings is 2. The highest BCUT2D eigenvalue weighted by Crippen LogP contribution is 2.35. The molecule has 0 spiro atoms. The molecule has 4 N–H and O–H groups in total. The van der Waals surface area contributed by atoms with Gasteiger partial charge in [0.1, 0.15) is 23.3 Å². The Balaban J connectivity index is 0.00000231. The number of pyridine rings is 1. The molecule has 13 heteroatoms. The number of hydrogen-bond donors (Lipinski definition) is 3. The molecule has 2 aliphatic rings. The Kier molecular flexibility index (Phi) is 10.2. The average Bonchev–Trinajstić information content (AvgIpc) is 3.69. The zero-order chi connectivity index (χ0) is 27.8. The van der Waals surface area contributed by atoms with Gasteiger partial charge < -0.3 is 21.3 Å². The third kappa shape index (κ3) is 6.74. The van der Waals surface area contributed by atoms with E-state index in [-0.39, 0.29) is 42.6 Å². The lowest BCUT2D eigenvalue weighted by Crippen LogP contribution is -2.46. The lowest BCUT2D eigenvalue weighted by molar-refractivity contribution is 0.0946. The lowest BCUT2D eigenvalue weighted by atomic mass is 9.96. The minimum absolute atomic E-state index is 0. The number of rotatable bonds is 6. The summed E-state index contributed by atoms with van der Waals surface area (Å²) in [6.45, 7) is 3.28. The molecule has 1 aromatic heterocycles. The molecule has 2 fully saturated rings. The first-order valence-corrected chi connectivity index (χ1v) is 12.7. The van der Waals surface area contributed by atoms with Crippen molar-refractivity contribution in [3.63, 3.8) is 0 Å². The molecule has 0 unspecified atom stereocenters. The Morgan fingerprint density at radius 2 is 1.49 bits per heavy atom. The van der Waals surface area contributed by atoms with E-state index in [1.54, 1.807) is 12.3 Å². The van der Waals surface area contributed by atoms with E-state index >= 15 is 8.78 Å². The van der Waals surface area contributed by atoms with Crippen LogP contribution in [0.15, 0.2) is 42.7 Å². The van der Waals surface area contributed by atoms with Gasteiger partial charge in [0, 0.05) is 31.4 Å². The first kappa shape index (κ1) is 32.1. The van der Waals surface area contributed by atoms with Crippen LogP contribution in [0, 0.1) is 29.2 Å². The number of carbonyl (C=O) groups is 2. The Morgan fingerprint density at radius 1 is 0.902 bits per heavy atom. The van der Waals surface area contributed by atoms with Gasteiger partial charge in [0.05, 0.1) is 39.8 Å². The van der Waals surface area contributed by atoms with Gasteiger partial charge in [0.2, 0.25) is 0 Å². The molecule has 2 aromatic carbocycles. The van der Waals surface area contributed by atoms with Crippen LogP contribution in [0.3, 0.4) is 0 Å². The molecule has 1 saturated carbocycles. The van der Waals surface area contributed by atoms with Crippen LogP contribution in [-0.4, -0.2) is 42.0 Å². The van der Waals surface area contributed by atoms with Gasteiger partial charge in [-0.2, -0.15) is 0 Å². The molecular formula is C28H29Cl2F4N5O2. The second-order valence-corrected chi connectivity index (χ2v) is 10.2. The van der Waals surface area contributed by atoms with Crippen LogP contribution >= 0.6 is 24.8 Å². The Labute approximate surface area is 246 Å². The fraction of sp³-hybridized carbons (Fsp3) is 0.321. The standard InChI is InChI=1S/C28H27F4N5O2.2ClH/c1-14-10-15(33)13-37(12-14)22-8-9-34-11-21(22)36-28(39)18-5-7-20(30)24(26(18)32)23-19(29)6-4-17(25(23)31)27(38)35-16-2-3-16;;/h4-9,11,14-16H,2-3,10,12-13,33H2,1H3,(H,35,38)(H,36,39);2*1H/t14-,15+;;/m1../s1. The van der Waals surface area contributed by atoms with Crippen molar-refractivity contribution < 1.29 is 27.2 Å². The smallest absolute Gasteiger partial charge is 0.258 e. The number of nitrogens with one attached hydrogen (secondary N) is 2. The van der Waals surface area contributed by atoms with Crippen LogP contribution < -0.4 is 21.3 Å². The fourth-order valence-corrected chi connectivity index (χ4v) is 4.95. The maximum absolute atomic E-state index is 15.7. The van der Waals surface area contributed by atoms with Crippen LogP contribution in [0.1, 0.15) is 46.9 Å². The van der Waals surface area contributed by atoms with Gasteiger partial charge in [0.15, 0.2) is 0 Å². The van der Waals surface area contributed by atoms with E-state index < -0.39 is 57.3 Å². The Morgan fingerprint density at radius 3 is 2.05 bits per heavy atom. The number of carbonyl (C=O) groups excluding carboxylic acids is 2. The van der Waals surface area contributed by atoms with Crippen molar-refractivity contribution in [1.82, 2.24) is 10.3 Å². The van der Waals surface area contributed by atoms with Crippen molar-refractivity contribution in [3.05, 3.63) is 77.1 Å². The van der Waals surface area contributed by atoms with Crippen molar-refractivity contribution in [2.75, 3.05) is 23.3 Å². The number of nitrogens with zero attached hydrogens (tertiary/aromatic N) is 2. The molecule has 220 valence electrons. The summed E-state index contributed by atoms with van der Waals surface area (Å²) in [6.07, 6.45) is 5.24. The molecular weight excluding hydrogens is 585 g/mol. The first-order valence-electron chi connectivity index (χ1n) is 12.7. The number of piperidine rings is 1. The molecule has 1 aliphatic carbocycles. The van der Waals surface area contributed by atoms with Crippen molar-refractivity contribution >= 4 is 48.0 Å². The van der Waals surface area contributed by atoms with E-state index in [2.05, 4.69) is 22.5 Å². The molecule has 2 heterocycles. The fourth-order valence-electron chi connectivity index (χ4n) is 4.95. The SMILES string of the molecule is C[C@@H]1C[C@H](N)CN(c2ccncc2NC(=O)c2ccc(F)c(-c3c(F)ccc(C(=O)NC4CC4)c3F)c2F)C1.Cl.Cl. The van der Waals surface area contributed by atoms with Gasteiger partial charge in [-0.3, -0.25) is 14.6 Å². The Bertz CT molecular complexity index is 1450. The number of halogens is 6. The summed E-state index contributed by atoms with van der Waals surface area (Å²) in [5.41, 5.74) is 3.71. The minimum atomic E-state index is -1.47. The highest BCUT2D eigenvalue weighted by molar-refractivity contribution is 6.07. The maximum Gasteiger partial charge on any atom is 0.258 e. The zero-order valence-corrected chi connectivity index (χ0v) is 23.6. The average molecular weight is 614 g/mol. The zero-order valence-electron chi connectivity index (χ0n) is 21.9. The van der Waals surface area contributed by atoms with Crippen LogP contribution in [-0.2, 0) is 0 Å². The van der Waals surface area contributed by atoms with Gasteiger partial charge in [-0.15, -0.1) is 24.8 Å². The van der Waals surface area contributed by atoms with Gasteiger partial charge in [-0.1, -0.05) is 6.92 Å². The molecule has 1 saturated heterocycles. The van der Waals surface area contributed by atoms with E-state index in [0.717, 1.165) is 43.5 Å². The quantitative estimate of drug-likeness (QED) is 0.320. The molecule has 2 amide bonds. The molecule has 0 bridgehead atoms. The van der Waals surface area contributed by atoms with E-state index in [0.29, 0.717) is 24.7 Å². The second kappa shape index (κ2) is 13.1. The van der Waals surface area contributed by atoms with Crippen LogP contribution in [0.2, 0.25) is 0 Å². The molecule has 2 atom stereocenters. The topological polar surface area (TPSA) is 100 Å². The predicted molar refractivity (Wildman–Crippen MR) is 153 cm³/mol. The number of nitrogens with two attached hydrogens (primary N) is 1. The summed E-state index contributed by atoms with van der Waals surface area (Å²) >= 11 is 0. The normalized spacial score (nSPS) is 18.1. The van der Waals surface area contributed by atoms with Crippen LogP contribution in [0.5, 0.6) is 0 Å². The van der Waals surface area contributed by atoms with E-state index in [1.807, 2.05) is 4.90 Å². The summed E-state index contributed by atoms with van der Waals surface area (Å²) in [7, 11) is 0. The van der Waals surface area contributed by atoms with Crippen molar-refractivity contribution in [2.24, 2.45) is 11.7 Å². The summed E-state index contributed by atoms with van der Waals surface area (Å²) < 4.78 is 60.7. The summed E-state index contributed by atoms with van der Waals surface area (Å²) in [5.74, 6) is -6.95. The number of hydrogen-bond acceptors (Lipinski definition) is 5. The van der Waals surface area contributed by atoms with E-state index in [9.17, 15) is 18.4 Å². The number of anilines is 2. The number of amides is 2. The van der Waals surface area contributed by atoms with Crippen molar-refractivity contribution in [1.29, 1.82) is 0 Å². The first-order chi connectivity index (χ1) is 18.6. The molecule has 41 heavy (non-hydrogen) atoms. The third-order valence-electron chi connectivity index (χ3n) is 6.91. The second-order valence-electron chi connectivity index (χ2n) is 10.2. The highest BCUT2D eigenvalue weighted by atomic mass is 35.5. The molecule has 1 aliphatic heterocycles. The van der Waals surface area contributed by atoms with Crippen LogP contribution in [0.25, 0.3) is 11.1 Å². The monoisotopic (exact) mass is 613 g/mol. The number of aromatic nitrogens is 1. The van der Waals surface area contributed by atoms with Crippen LogP contribution in [0.4, 0.5) is 28.9 Å². The Hall–Kier alpha value is -3.41. The van der Waals surface area contributed by atoms with E-state index in [4.69, 9.17) is 5.73 Å². The minimum Gasteiger partial charge on any atom is -0.368 e. The van der Waals surface area contributed by atoms with Crippen molar-refractivity contribution in [2.45, 2.75) is 38.3 Å². The van der Waals surface area contributed by atoms with Gasteiger partial charge in [0.25, 0.3) is 11.8 Å². The molecule has 5 rings (SSSR count). The maximum atomic E-state index is 15.7. The largest absolute Gasteiger partial charge is 0.368 e. The predicted octanol–water partition coefficient (Wildman–Crippen LogP) is 5.47. The van der Waals surface area contributed by atoms with Gasteiger partial charge >= 0.3 is 0 Å². The van der Waals surface area contributed by atoms with E-state index in [1.165, 1.54) is 6.20 Å². The van der Waals surface area contributed by atoms with Crippen molar-refractivity contribution in [3.8, 4) is 11.1 Å². The van der Waals surface area contributed by atoms with Gasteiger partial charge in [-0.25, -0.2) is 17.6 Å². The van der Waals surface area contributed by atoms with Gasteiger partial charge in [-0.05, 0) is 55.5 Å². The molecule has 3 aromatic rings. The summed E-state index contributed by atoms with van der Waals surface area (Å²) in [4.78, 5) is 31.6. The lowest BCUT2D eigenvalue weighted by Gasteiger charge is -2.37. The molecule has 7 nitrogen and oxygen atoms in total. The highest BCUT2D eigenvalue weighted by Gasteiger charge is 2.30.